The molecule has 0 fully saturated rings. The van der Waals surface area contributed by atoms with Crippen LogP contribution in [0.3, 0.4) is 0 Å². The predicted molar refractivity (Wildman–Crippen MR) is 97.1 cm³/mol. The van der Waals surface area contributed by atoms with Crippen LogP contribution in [0.2, 0.25) is 5.02 Å². The van der Waals surface area contributed by atoms with Gasteiger partial charge >= 0.3 is 0 Å². The number of halogens is 2. The Morgan fingerprint density at radius 3 is 2.38 bits per heavy atom. The lowest BCUT2D eigenvalue weighted by Crippen LogP contribution is -2.38. The lowest BCUT2D eigenvalue weighted by Gasteiger charge is -2.15. The van der Waals surface area contributed by atoms with Gasteiger partial charge in [0.2, 0.25) is 0 Å². The number of hydrogen-bond acceptors (Lipinski definition) is 2. The molecule has 0 aliphatic heterocycles. The van der Waals surface area contributed by atoms with Gasteiger partial charge in [-0.3, -0.25) is 10.9 Å². The van der Waals surface area contributed by atoms with Gasteiger partial charge in [0.05, 0.1) is 5.70 Å². The molecule has 0 amide bonds. The molecule has 0 aliphatic rings. The van der Waals surface area contributed by atoms with Crippen LogP contribution in [0.1, 0.15) is 5.56 Å². The van der Waals surface area contributed by atoms with E-state index in [1.807, 2.05) is 36.4 Å². The van der Waals surface area contributed by atoms with E-state index in [0.717, 1.165) is 15.7 Å². The highest BCUT2D eigenvalue weighted by molar-refractivity contribution is 9.10. The van der Waals surface area contributed by atoms with E-state index >= 15 is 0 Å². The minimum Gasteiger partial charge on any atom is -0.331 e. The first kappa shape index (κ1) is 15.8. The molecule has 2 aromatic rings. The highest BCUT2D eigenvalue weighted by atomic mass is 79.9. The van der Waals surface area contributed by atoms with E-state index < -0.39 is 0 Å². The lowest BCUT2D eigenvalue weighted by molar-refractivity contribution is 0.850. The summed E-state index contributed by atoms with van der Waals surface area (Å²) in [4.78, 5) is 0. The first-order chi connectivity index (χ1) is 10.1. The number of thiocarbonyl (C=S) groups is 1. The van der Waals surface area contributed by atoms with Gasteiger partial charge in [-0.1, -0.05) is 52.3 Å². The molecular weight excluding hydrogens is 370 g/mol. The van der Waals surface area contributed by atoms with Crippen LogP contribution >= 0.6 is 39.7 Å². The van der Waals surface area contributed by atoms with Crippen molar-refractivity contribution < 1.29 is 0 Å². The Kier molecular flexibility index (Phi) is 5.61. The molecule has 0 saturated heterocycles. The monoisotopic (exact) mass is 381 g/mol. The number of nitrogens with one attached hydrogen (secondary N) is 3. The molecule has 3 N–H and O–H groups in total. The summed E-state index contributed by atoms with van der Waals surface area (Å²) in [6.07, 6.45) is 0. The third-order valence-electron chi connectivity index (χ3n) is 2.63. The molecule has 0 unspecified atom stereocenters. The molecule has 0 bridgehead atoms. The predicted octanol–water partition coefficient (Wildman–Crippen LogP) is 4.56. The van der Waals surface area contributed by atoms with Crippen LogP contribution in [0.4, 0.5) is 5.69 Å². The van der Waals surface area contributed by atoms with Gasteiger partial charge in [-0.2, -0.15) is 0 Å². The molecular formula is C15H13BrClN3S. The number of benzene rings is 2. The quantitative estimate of drug-likeness (QED) is 0.535. The van der Waals surface area contributed by atoms with Gasteiger partial charge in [0.15, 0.2) is 5.11 Å². The second-order valence-corrected chi connectivity index (χ2v) is 5.87. The van der Waals surface area contributed by atoms with Crippen LogP contribution in [-0.4, -0.2) is 5.11 Å². The molecule has 0 radical (unpaired) electrons. The zero-order valence-corrected chi connectivity index (χ0v) is 14.1. The van der Waals surface area contributed by atoms with Crippen molar-refractivity contribution in [3.8, 4) is 0 Å². The summed E-state index contributed by atoms with van der Waals surface area (Å²) >= 11 is 14.5. The fourth-order valence-electron chi connectivity index (χ4n) is 1.60. The average molecular weight is 383 g/mol. The largest absolute Gasteiger partial charge is 0.331 e. The fraction of sp³-hybridized carbons (Fsp3) is 0. The molecule has 108 valence electrons. The van der Waals surface area contributed by atoms with Gasteiger partial charge < -0.3 is 5.32 Å². The van der Waals surface area contributed by atoms with Crippen molar-refractivity contribution in [2.75, 3.05) is 5.32 Å². The Morgan fingerprint density at radius 1 is 1.05 bits per heavy atom. The molecule has 2 aromatic carbocycles. The SMILES string of the molecule is C=C(NNC(=S)Nc1ccc(Cl)cc1)c1ccccc1Br. The van der Waals surface area contributed by atoms with Crippen LogP contribution in [0.15, 0.2) is 59.6 Å². The summed E-state index contributed by atoms with van der Waals surface area (Å²) in [5.41, 5.74) is 8.38. The van der Waals surface area contributed by atoms with Crippen LogP contribution in [-0.2, 0) is 0 Å². The van der Waals surface area contributed by atoms with Crippen LogP contribution in [0.5, 0.6) is 0 Å². The smallest absolute Gasteiger partial charge is 0.189 e. The molecule has 6 heteroatoms. The minimum absolute atomic E-state index is 0.436. The van der Waals surface area contributed by atoms with Gasteiger partial charge in [-0.15, -0.1) is 0 Å². The average Bonchev–Trinajstić information content (AvgIpc) is 2.48. The van der Waals surface area contributed by atoms with E-state index in [1.165, 1.54) is 0 Å². The van der Waals surface area contributed by atoms with E-state index in [2.05, 4.69) is 38.7 Å². The van der Waals surface area contributed by atoms with E-state index in [9.17, 15) is 0 Å². The van der Waals surface area contributed by atoms with Crippen molar-refractivity contribution in [2.24, 2.45) is 0 Å². The highest BCUT2D eigenvalue weighted by Crippen LogP contribution is 2.20. The Bertz CT molecular complexity index is 658. The van der Waals surface area contributed by atoms with Crippen molar-refractivity contribution in [3.05, 3.63) is 70.2 Å². The topological polar surface area (TPSA) is 36.1 Å². The third kappa shape index (κ3) is 4.74. The van der Waals surface area contributed by atoms with Crippen LogP contribution < -0.4 is 16.2 Å². The Labute approximate surface area is 142 Å². The highest BCUT2D eigenvalue weighted by Gasteiger charge is 2.03. The number of hydrogen-bond donors (Lipinski definition) is 3. The van der Waals surface area contributed by atoms with Crippen molar-refractivity contribution in [2.45, 2.75) is 0 Å². The van der Waals surface area contributed by atoms with Crippen LogP contribution in [0, 0.1) is 0 Å². The molecule has 0 atom stereocenters. The van der Waals surface area contributed by atoms with Gasteiger partial charge in [-0.25, -0.2) is 0 Å². The maximum absolute atomic E-state index is 5.83. The third-order valence-corrected chi connectivity index (χ3v) is 3.78. The van der Waals surface area contributed by atoms with Crippen LogP contribution in [0.25, 0.3) is 5.70 Å². The van der Waals surface area contributed by atoms with Crippen molar-refractivity contribution in [1.29, 1.82) is 0 Å². The first-order valence-corrected chi connectivity index (χ1v) is 7.66. The zero-order chi connectivity index (χ0) is 15.2. The summed E-state index contributed by atoms with van der Waals surface area (Å²) in [6, 6.07) is 15.1. The summed E-state index contributed by atoms with van der Waals surface area (Å²) in [5, 5.41) is 4.15. The maximum Gasteiger partial charge on any atom is 0.189 e. The van der Waals surface area contributed by atoms with E-state index in [1.54, 1.807) is 12.1 Å². The van der Waals surface area contributed by atoms with Crippen molar-refractivity contribution in [3.63, 3.8) is 0 Å². The number of anilines is 1. The second kappa shape index (κ2) is 7.45. The summed E-state index contributed by atoms with van der Waals surface area (Å²) in [7, 11) is 0. The molecule has 3 nitrogen and oxygen atoms in total. The second-order valence-electron chi connectivity index (χ2n) is 4.17. The Balaban J connectivity index is 1.88. The number of hydrazine groups is 1. The summed E-state index contributed by atoms with van der Waals surface area (Å²) < 4.78 is 0.959. The summed E-state index contributed by atoms with van der Waals surface area (Å²) in [6.45, 7) is 3.97. The molecule has 0 heterocycles. The lowest BCUT2D eigenvalue weighted by atomic mass is 10.2. The minimum atomic E-state index is 0.436. The van der Waals surface area contributed by atoms with Crippen molar-refractivity contribution in [1.82, 2.24) is 10.9 Å². The fourth-order valence-corrected chi connectivity index (χ4v) is 2.42. The van der Waals surface area contributed by atoms with Gasteiger partial charge in [0, 0.05) is 20.7 Å². The molecule has 0 aromatic heterocycles. The Morgan fingerprint density at radius 2 is 1.71 bits per heavy atom. The molecule has 0 spiro atoms. The molecule has 0 saturated carbocycles. The van der Waals surface area contributed by atoms with Gasteiger partial charge in [0.1, 0.15) is 0 Å². The molecule has 21 heavy (non-hydrogen) atoms. The van der Waals surface area contributed by atoms with E-state index in [-0.39, 0.29) is 0 Å². The normalized spacial score (nSPS) is 9.81. The van der Waals surface area contributed by atoms with E-state index in [0.29, 0.717) is 15.8 Å². The first-order valence-electron chi connectivity index (χ1n) is 6.08. The van der Waals surface area contributed by atoms with Gasteiger partial charge in [-0.05, 0) is 42.5 Å². The summed E-state index contributed by atoms with van der Waals surface area (Å²) in [5.74, 6) is 0. The van der Waals surface area contributed by atoms with Gasteiger partial charge in [0.25, 0.3) is 0 Å². The number of rotatable bonds is 4. The van der Waals surface area contributed by atoms with Crippen molar-refractivity contribution >= 4 is 56.2 Å². The molecule has 0 aliphatic carbocycles. The molecule has 2 rings (SSSR count). The maximum atomic E-state index is 5.83. The van der Waals surface area contributed by atoms with E-state index in [4.69, 9.17) is 23.8 Å². The zero-order valence-electron chi connectivity index (χ0n) is 11.0. The Hall–Kier alpha value is -1.56. The standard InChI is InChI=1S/C15H13BrClN3S/c1-10(13-4-2-3-5-14(13)16)19-20-15(21)18-12-8-6-11(17)7-9-12/h2-9,19H,1H2,(H2,18,20,21).